The van der Waals surface area contributed by atoms with E-state index in [-0.39, 0.29) is 17.5 Å². The second-order valence-electron chi connectivity index (χ2n) is 7.39. The molecule has 1 N–H and O–H groups in total. The number of carbonyl (C=O) groups excluding carboxylic acids is 3. The lowest BCUT2D eigenvalue weighted by molar-refractivity contribution is -0.123. The first kappa shape index (κ1) is 20.8. The third-order valence-corrected chi connectivity index (χ3v) is 5.51. The Morgan fingerprint density at radius 3 is 2.61 bits per heavy atom. The van der Waals surface area contributed by atoms with Gasteiger partial charge in [-0.05, 0) is 43.7 Å². The standard InChI is InChI=1S/C21H20ClN5O4/c1-11-4-6-15(12(2)8-11)23-17(28)10-26-19-18(24-25-26)20(29)27(21(19)30)13-5-7-16(31-3)14(22)9-13/h4-9,18-19H,10H2,1-3H3,(H,23,28)/t18-,19+/m0/s1. The fourth-order valence-corrected chi connectivity index (χ4v) is 3.95. The summed E-state index contributed by atoms with van der Waals surface area (Å²) in [5.74, 6) is -0.968. The van der Waals surface area contributed by atoms with Gasteiger partial charge in [0.05, 0.1) is 17.8 Å². The predicted octanol–water partition coefficient (Wildman–Crippen LogP) is 2.90. The van der Waals surface area contributed by atoms with Gasteiger partial charge in [0.2, 0.25) is 5.91 Å². The number of hydrogen-bond acceptors (Lipinski definition) is 7. The number of fused-ring (bicyclic) bond motifs is 1. The van der Waals surface area contributed by atoms with Gasteiger partial charge >= 0.3 is 0 Å². The second-order valence-corrected chi connectivity index (χ2v) is 7.80. The lowest BCUT2D eigenvalue weighted by Gasteiger charge is -2.20. The number of nitrogens with one attached hydrogen (secondary N) is 1. The molecule has 160 valence electrons. The number of nitrogens with zero attached hydrogens (tertiary/aromatic N) is 4. The minimum absolute atomic E-state index is 0.214. The molecule has 1 fully saturated rings. The van der Waals surface area contributed by atoms with Crippen LogP contribution >= 0.6 is 11.6 Å². The molecule has 1 saturated heterocycles. The Labute approximate surface area is 183 Å². The van der Waals surface area contributed by atoms with Crippen molar-refractivity contribution >= 4 is 40.7 Å². The van der Waals surface area contributed by atoms with Gasteiger partial charge in [-0.15, -0.1) is 0 Å². The number of amides is 3. The van der Waals surface area contributed by atoms with Crippen molar-refractivity contribution < 1.29 is 19.1 Å². The molecule has 0 spiro atoms. The van der Waals surface area contributed by atoms with Crippen molar-refractivity contribution in [2.24, 2.45) is 10.3 Å². The molecule has 0 aromatic heterocycles. The molecular formula is C21H20ClN5O4. The van der Waals surface area contributed by atoms with Crippen LogP contribution in [0.15, 0.2) is 46.7 Å². The van der Waals surface area contributed by atoms with E-state index in [1.807, 2.05) is 32.0 Å². The lowest BCUT2D eigenvalue weighted by atomic mass is 10.1. The predicted molar refractivity (Wildman–Crippen MR) is 114 cm³/mol. The van der Waals surface area contributed by atoms with Gasteiger partial charge in [-0.25, -0.2) is 4.90 Å². The van der Waals surface area contributed by atoms with Crippen molar-refractivity contribution in [3.05, 3.63) is 52.5 Å². The third kappa shape index (κ3) is 3.72. The number of imide groups is 1. The molecule has 9 nitrogen and oxygen atoms in total. The molecular weight excluding hydrogens is 422 g/mol. The number of ether oxygens (including phenoxy) is 1. The van der Waals surface area contributed by atoms with Gasteiger partial charge in [-0.1, -0.05) is 34.5 Å². The van der Waals surface area contributed by atoms with Crippen molar-refractivity contribution in [1.82, 2.24) is 5.01 Å². The highest BCUT2D eigenvalue weighted by atomic mass is 35.5. The summed E-state index contributed by atoms with van der Waals surface area (Å²) in [5, 5.41) is 12.2. The summed E-state index contributed by atoms with van der Waals surface area (Å²) in [6.07, 6.45) is 0. The first-order chi connectivity index (χ1) is 14.8. The molecule has 2 aromatic carbocycles. The van der Waals surface area contributed by atoms with Crippen LogP contribution < -0.4 is 15.0 Å². The molecule has 31 heavy (non-hydrogen) atoms. The molecule has 2 heterocycles. The molecule has 0 aliphatic carbocycles. The monoisotopic (exact) mass is 441 g/mol. The van der Waals surface area contributed by atoms with Crippen LogP contribution in [0.25, 0.3) is 0 Å². The number of rotatable bonds is 5. The van der Waals surface area contributed by atoms with Crippen LogP contribution in [0, 0.1) is 13.8 Å². The number of hydrogen-bond donors (Lipinski definition) is 1. The van der Waals surface area contributed by atoms with Crippen molar-refractivity contribution in [3.8, 4) is 5.75 Å². The quantitative estimate of drug-likeness (QED) is 0.718. The molecule has 0 bridgehead atoms. The van der Waals surface area contributed by atoms with Gasteiger partial charge < -0.3 is 10.1 Å². The Morgan fingerprint density at radius 1 is 1.16 bits per heavy atom. The topological polar surface area (TPSA) is 104 Å². The van der Waals surface area contributed by atoms with Gasteiger partial charge in [0.15, 0.2) is 12.1 Å². The van der Waals surface area contributed by atoms with Crippen LogP contribution in [0.1, 0.15) is 11.1 Å². The van der Waals surface area contributed by atoms with Gasteiger partial charge in [-0.3, -0.25) is 19.4 Å². The Kier molecular flexibility index (Phi) is 5.36. The Hall–Kier alpha value is -3.46. The summed E-state index contributed by atoms with van der Waals surface area (Å²) in [6.45, 7) is 3.65. The zero-order valence-electron chi connectivity index (χ0n) is 17.1. The maximum atomic E-state index is 13.0. The van der Waals surface area contributed by atoms with Crippen molar-refractivity contribution in [2.75, 3.05) is 23.9 Å². The SMILES string of the molecule is COc1ccc(N2C(=O)[C@H]3N=NN(CC(=O)Nc4ccc(C)cc4C)[C@H]3C2=O)cc1Cl. The van der Waals surface area contributed by atoms with E-state index in [4.69, 9.17) is 16.3 Å². The summed E-state index contributed by atoms with van der Waals surface area (Å²) >= 11 is 6.14. The Balaban J connectivity index is 1.50. The number of carbonyl (C=O) groups is 3. The number of anilines is 2. The Bertz CT molecular complexity index is 1120. The summed E-state index contributed by atoms with van der Waals surface area (Å²) < 4.78 is 5.11. The number of halogens is 1. The maximum absolute atomic E-state index is 13.0. The van der Waals surface area contributed by atoms with E-state index in [0.29, 0.717) is 17.1 Å². The molecule has 0 radical (unpaired) electrons. The van der Waals surface area contributed by atoms with Crippen LogP contribution in [0.3, 0.4) is 0 Å². The number of aryl methyl sites for hydroxylation is 2. The fourth-order valence-electron chi connectivity index (χ4n) is 3.69. The van der Waals surface area contributed by atoms with Gasteiger partial charge in [0.1, 0.15) is 12.3 Å². The van der Waals surface area contributed by atoms with E-state index >= 15 is 0 Å². The highest BCUT2D eigenvalue weighted by Crippen LogP contribution is 2.35. The Morgan fingerprint density at radius 2 is 1.94 bits per heavy atom. The van der Waals surface area contributed by atoms with E-state index < -0.39 is 23.9 Å². The first-order valence-corrected chi connectivity index (χ1v) is 9.94. The van der Waals surface area contributed by atoms with Crippen molar-refractivity contribution in [2.45, 2.75) is 25.9 Å². The average Bonchev–Trinajstić information content (AvgIpc) is 3.24. The summed E-state index contributed by atoms with van der Waals surface area (Å²) in [7, 11) is 1.47. The summed E-state index contributed by atoms with van der Waals surface area (Å²) in [4.78, 5) is 39.4. The van der Waals surface area contributed by atoms with Crippen molar-refractivity contribution in [3.63, 3.8) is 0 Å². The van der Waals surface area contributed by atoms with Crippen molar-refractivity contribution in [1.29, 1.82) is 0 Å². The van der Waals surface area contributed by atoms with Crippen LogP contribution in [0.4, 0.5) is 11.4 Å². The molecule has 2 aliphatic heterocycles. The lowest BCUT2D eigenvalue weighted by Crippen LogP contribution is -2.43. The molecule has 0 saturated carbocycles. The second kappa shape index (κ2) is 7.99. The normalized spacial score (nSPS) is 19.7. The molecule has 2 atom stereocenters. The minimum Gasteiger partial charge on any atom is -0.495 e. The highest BCUT2D eigenvalue weighted by molar-refractivity contribution is 6.33. The van der Waals surface area contributed by atoms with Gasteiger partial charge in [0.25, 0.3) is 11.8 Å². The van der Waals surface area contributed by atoms with Gasteiger partial charge in [0, 0.05) is 5.69 Å². The smallest absolute Gasteiger partial charge is 0.263 e. The largest absolute Gasteiger partial charge is 0.495 e. The molecule has 2 aromatic rings. The zero-order valence-corrected chi connectivity index (χ0v) is 17.9. The minimum atomic E-state index is -0.998. The third-order valence-electron chi connectivity index (χ3n) is 5.21. The molecule has 4 rings (SSSR count). The zero-order chi connectivity index (χ0) is 22.3. The summed E-state index contributed by atoms with van der Waals surface area (Å²) in [5.41, 5.74) is 2.99. The van der Waals surface area contributed by atoms with Crippen LogP contribution in [0.5, 0.6) is 5.75 Å². The van der Waals surface area contributed by atoms with E-state index in [1.165, 1.54) is 18.2 Å². The number of benzene rings is 2. The van der Waals surface area contributed by atoms with E-state index in [0.717, 1.165) is 16.0 Å². The maximum Gasteiger partial charge on any atom is 0.263 e. The van der Waals surface area contributed by atoms with E-state index in [9.17, 15) is 14.4 Å². The van der Waals surface area contributed by atoms with Crippen LogP contribution in [0.2, 0.25) is 5.02 Å². The van der Waals surface area contributed by atoms with Gasteiger partial charge in [-0.2, -0.15) is 5.11 Å². The fraction of sp³-hybridized carbons (Fsp3) is 0.286. The van der Waals surface area contributed by atoms with Crippen LogP contribution in [-0.4, -0.2) is 48.5 Å². The van der Waals surface area contributed by atoms with Crippen LogP contribution in [-0.2, 0) is 14.4 Å². The highest BCUT2D eigenvalue weighted by Gasteiger charge is 2.55. The molecule has 2 aliphatic rings. The molecule has 0 unspecified atom stereocenters. The molecule has 3 amide bonds. The number of methoxy groups -OCH3 is 1. The summed E-state index contributed by atoms with van der Waals surface area (Å²) in [6, 6.07) is 8.31. The van der Waals surface area contributed by atoms with E-state index in [1.54, 1.807) is 12.1 Å². The van der Waals surface area contributed by atoms with E-state index in [2.05, 4.69) is 15.7 Å². The molecule has 10 heteroatoms. The first-order valence-electron chi connectivity index (χ1n) is 9.56. The average molecular weight is 442 g/mol.